The fourth-order valence-corrected chi connectivity index (χ4v) is 2.01. The summed E-state index contributed by atoms with van der Waals surface area (Å²) in [4.78, 5) is 11.9. The second-order valence-electron chi connectivity index (χ2n) is 4.38. The normalized spacial score (nSPS) is 10.3. The summed E-state index contributed by atoms with van der Waals surface area (Å²) in [6, 6.07) is 10.1. The average molecular weight is 310 g/mol. The zero-order chi connectivity index (χ0) is 14.7. The van der Waals surface area contributed by atoms with Crippen molar-refractivity contribution in [3.8, 4) is 0 Å². The number of nitrogens with two attached hydrogens (primary N) is 1. The number of nitrogen functional groups attached to an aromatic ring is 1. The van der Waals surface area contributed by atoms with E-state index in [0.29, 0.717) is 26.9 Å². The summed E-state index contributed by atoms with van der Waals surface area (Å²) >= 11 is 11.9. The fraction of sp³-hybridized carbons (Fsp3) is 0.133. The van der Waals surface area contributed by atoms with Gasteiger partial charge >= 0.3 is 5.97 Å². The molecule has 0 fully saturated rings. The molecule has 3 nitrogen and oxygen atoms in total. The van der Waals surface area contributed by atoms with Gasteiger partial charge in [0.05, 0.1) is 5.56 Å². The quantitative estimate of drug-likeness (QED) is 0.681. The molecule has 0 aromatic heterocycles. The Hall–Kier alpha value is -1.71. The molecule has 104 valence electrons. The number of esters is 1. The Kier molecular flexibility index (Phi) is 4.53. The van der Waals surface area contributed by atoms with Crippen LogP contribution in [0.1, 0.15) is 21.5 Å². The number of ether oxygens (including phenoxy) is 1. The van der Waals surface area contributed by atoms with E-state index in [1.54, 1.807) is 36.4 Å². The first-order valence-corrected chi connectivity index (χ1v) is 6.70. The van der Waals surface area contributed by atoms with Crippen LogP contribution in [-0.2, 0) is 11.3 Å². The number of aryl methyl sites for hydroxylation is 1. The molecule has 2 aromatic carbocycles. The molecule has 0 saturated carbocycles. The first kappa shape index (κ1) is 14.7. The summed E-state index contributed by atoms with van der Waals surface area (Å²) in [5.74, 6) is -0.451. The predicted molar refractivity (Wildman–Crippen MR) is 81.2 cm³/mol. The Morgan fingerprint density at radius 2 is 1.95 bits per heavy atom. The summed E-state index contributed by atoms with van der Waals surface area (Å²) in [6.45, 7) is 1.93. The van der Waals surface area contributed by atoms with Gasteiger partial charge in [-0.1, -0.05) is 29.3 Å². The van der Waals surface area contributed by atoms with Gasteiger partial charge in [-0.3, -0.25) is 0 Å². The third kappa shape index (κ3) is 3.44. The molecule has 0 aliphatic carbocycles. The lowest BCUT2D eigenvalue weighted by atomic mass is 10.1. The van der Waals surface area contributed by atoms with Crippen molar-refractivity contribution in [2.24, 2.45) is 0 Å². The predicted octanol–water partition coefficient (Wildman–Crippen LogP) is 4.24. The van der Waals surface area contributed by atoms with Crippen LogP contribution in [0.4, 0.5) is 5.69 Å². The molecule has 0 saturated heterocycles. The zero-order valence-corrected chi connectivity index (χ0v) is 12.3. The fourth-order valence-electron chi connectivity index (χ4n) is 1.65. The number of hydrogen-bond acceptors (Lipinski definition) is 3. The van der Waals surface area contributed by atoms with Gasteiger partial charge in [0.25, 0.3) is 0 Å². The van der Waals surface area contributed by atoms with E-state index in [4.69, 9.17) is 33.7 Å². The Morgan fingerprint density at radius 1 is 1.20 bits per heavy atom. The molecule has 0 aliphatic rings. The molecule has 2 N–H and O–H groups in total. The van der Waals surface area contributed by atoms with Crippen molar-refractivity contribution in [2.75, 3.05) is 5.73 Å². The molecule has 20 heavy (non-hydrogen) atoms. The van der Waals surface area contributed by atoms with Crippen LogP contribution in [0.5, 0.6) is 0 Å². The highest BCUT2D eigenvalue weighted by Gasteiger charge is 2.10. The number of halogens is 2. The number of anilines is 1. The number of rotatable bonds is 3. The summed E-state index contributed by atoms with van der Waals surface area (Å²) in [5, 5.41) is 1.05. The number of hydrogen-bond donors (Lipinski definition) is 1. The van der Waals surface area contributed by atoms with E-state index in [-0.39, 0.29) is 6.61 Å². The highest BCUT2D eigenvalue weighted by Crippen LogP contribution is 2.22. The highest BCUT2D eigenvalue weighted by atomic mass is 35.5. The summed E-state index contributed by atoms with van der Waals surface area (Å²) in [5.41, 5.74) is 8.30. The van der Waals surface area contributed by atoms with Crippen molar-refractivity contribution in [3.05, 3.63) is 63.1 Å². The minimum atomic E-state index is -0.451. The summed E-state index contributed by atoms with van der Waals surface area (Å²) < 4.78 is 5.21. The van der Waals surface area contributed by atoms with E-state index in [2.05, 4.69) is 0 Å². The van der Waals surface area contributed by atoms with E-state index in [1.807, 2.05) is 6.92 Å². The second kappa shape index (κ2) is 6.16. The van der Waals surface area contributed by atoms with Crippen molar-refractivity contribution in [1.29, 1.82) is 0 Å². The number of carbonyl (C=O) groups is 1. The lowest BCUT2D eigenvalue weighted by molar-refractivity contribution is 0.0473. The van der Waals surface area contributed by atoms with Gasteiger partial charge < -0.3 is 10.5 Å². The molecule has 0 aliphatic heterocycles. The van der Waals surface area contributed by atoms with Gasteiger partial charge in [-0.2, -0.15) is 0 Å². The molecule has 0 amide bonds. The Bertz CT molecular complexity index is 656. The van der Waals surface area contributed by atoms with Crippen LogP contribution in [-0.4, -0.2) is 5.97 Å². The van der Waals surface area contributed by atoms with Gasteiger partial charge in [0, 0.05) is 21.3 Å². The molecule has 0 spiro atoms. The van der Waals surface area contributed by atoms with Gasteiger partial charge in [-0.25, -0.2) is 4.79 Å². The maximum atomic E-state index is 11.9. The molecule has 2 aromatic rings. The van der Waals surface area contributed by atoms with Gasteiger partial charge in [0.15, 0.2) is 0 Å². The van der Waals surface area contributed by atoms with Crippen LogP contribution in [0, 0.1) is 6.92 Å². The van der Waals surface area contributed by atoms with E-state index in [1.165, 1.54) is 0 Å². The smallest absolute Gasteiger partial charge is 0.338 e. The van der Waals surface area contributed by atoms with Gasteiger partial charge in [0.2, 0.25) is 0 Å². The lowest BCUT2D eigenvalue weighted by Gasteiger charge is -2.08. The molecule has 0 unspecified atom stereocenters. The molecule has 0 bridgehead atoms. The third-order valence-corrected chi connectivity index (χ3v) is 3.49. The Morgan fingerprint density at radius 3 is 2.65 bits per heavy atom. The largest absolute Gasteiger partial charge is 0.457 e. The first-order valence-electron chi connectivity index (χ1n) is 5.94. The zero-order valence-electron chi connectivity index (χ0n) is 10.8. The topological polar surface area (TPSA) is 52.3 Å². The van der Waals surface area contributed by atoms with Crippen molar-refractivity contribution in [2.45, 2.75) is 13.5 Å². The maximum absolute atomic E-state index is 11.9. The monoisotopic (exact) mass is 309 g/mol. The minimum absolute atomic E-state index is 0.0615. The SMILES string of the molecule is Cc1ccc(C(=O)OCc2cc(Cl)ccc2Cl)cc1N. The van der Waals surface area contributed by atoms with E-state index in [0.717, 1.165) is 5.56 Å². The highest BCUT2D eigenvalue weighted by molar-refractivity contribution is 6.33. The van der Waals surface area contributed by atoms with E-state index in [9.17, 15) is 4.79 Å². The van der Waals surface area contributed by atoms with Gasteiger partial charge in [-0.15, -0.1) is 0 Å². The third-order valence-electron chi connectivity index (χ3n) is 2.88. The summed E-state index contributed by atoms with van der Waals surface area (Å²) in [7, 11) is 0. The minimum Gasteiger partial charge on any atom is -0.457 e. The number of benzene rings is 2. The molecular formula is C15H13Cl2NO2. The van der Waals surface area contributed by atoms with Crippen LogP contribution in [0.2, 0.25) is 10.0 Å². The van der Waals surface area contributed by atoms with E-state index >= 15 is 0 Å². The van der Waals surface area contributed by atoms with Crippen LogP contribution >= 0.6 is 23.2 Å². The van der Waals surface area contributed by atoms with Crippen LogP contribution < -0.4 is 5.73 Å². The Balaban J connectivity index is 2.08. The average Bonchev–Trinajstić information content (AvgIpc) is 2.42. The first-order chi connectivity index (χ1) is 9.47. The molecule has 0 heterocycles. The van der Waals surface area contributed by atoms with Gasteiger partial charge in [-0.05, 0) is 42.8 Å². The molecule has 2 rings (SSSR count). The number of carbonyl (C=O) groups excluding carboxylic acids is 1. The van der Waals surface area contributed by atoms with Crippen molar-refractivity contribution < 1.29 is 9.53 Å². The standard InChI is InChI=1S/C15H13Cl2NO2/c1-9-2-3-10(7-14(9)18)15(19)20-8-11-6-12(16)4-5-13(11)17/h2-7H,8,18H2,1H3. The molecule has 0 radical (unpaired) electrons. The Labute approximate surface area is 127 Å². The molecule has 0 atom stereocenters. The van der Waals surface area contributed by atoms with E-state index < -0.39 is 5.97 Å². The van der Waals surface area contributed by atoms with Crippen LogP contribution in [0.25, 0.3) is 0 Å². The van der Waals surface area contributed by atoms with Crippen molar-refractivity contribution in [1.82, 2.24) is 0 Å². The maximum Gasteiger partial charge on any atom is 0.338 e. The van der Waals surface area contributed by atoms with Crippen molar-refractivity contribution in [3.63, 3.8) is 0 Å². The molecular weight excluding hydrogens is 297 g/mol. The second-order valence-corrected chi connectivity index (χ2v) is 5.23. The lowest BCUT2D eigenvalue weighted by Crippen LogP contribution is -2.06. The summed E-state index contributed by atoms with van der Waals surface area (Å²) in [6.07, 6.45) is 0. The van der Waals surface area contributed by atoms with Crippen LogP contribution in [0.3, 0.4) is 0 Å². The van der Waals surface area contributed by atoms with Crippen LogP contribution in [0.15, 0.2) is 36.4 Å². The molecule has 5 heteroatoms. The van der Waals surface area contributed by atoms with Gasteiger partial charge in [0.1, 0.15) is 6.61 Å². The van der Waals surface area contributed by atoms with Crippen molar-refractivity contribution >= 4 is 34.9 Å².